The molecule has 8 nitrogen and oxygen atoms in total. The molecule has 9 heteroatoms. The van der Waals surface area contributed by atoms with Gasteiger partial charge in [0, 0.05) is 36.7 Å². The third-order valence-electron chi connectivity index (χ3n) is 4.46. The van der Waals surface area contributed by atoms with Gasteiger partial charge in [-0.25, -0.2) is 4.39 Å². The first kappa shape index (κ1) is 18.9. The summed E-state index contributed by atoms with van der Waals surface area (Å²) in [4.78, 5) is 26.6. The van der Waals surface area contributed by atoms with Gasteiger partial charge in [-0.05, 0) is 36.4 Å². The van der Waals surface area contributed by atoms with Gasteiger partial charge in [-0.1, -0.05) is 0 Å². The van der Waals surface area contributed by atoms with Crippen molar-refractivity contribution in [3.05, 3.63) is 71.7 Å². The molecule has 1 saturated heterocycles. The van der Waals surface area contributed by atoms with Crippen LogP contribution in [0.4, 0.5) is 10.1 Å². The van der Waals surface area contributed by atoms with Gasteiger partial charge in [0.15, 0.2) is 5.76 Å². The van der Waals surface area contributed by atoms with Crippen molar-refractivity contribution in [1.29, 1.82) is 0 Å². The van der Waals surface area contributed by atoms with Gasteiger partial charge in [-0.3, -0.25) is 14.3 Å². The Balaban J connectivity index is 1.46. The van der Waals surface area contributed by atoms with E-state index in [2.05, 4.69) is 10.4 Å². The maximum absolute atomic E-state index is 14.0. The zero-order valence-electron chi connectivity index (χ0n) is 15.5. The number of carbonyl (C=O) groups is 2. The van der Waals surface area contributed by atoms with Crippen LogP contribution in [0.3, 0.4) is 0 Å². The van der Waals surface area contributed by atoms with Crippen LogP contribution in [0.5, 0.6) is 0 Å². The number of carbonyl (C=O) groups excluding carboxylic acids is 2. The number of nitrogens with one attached hydrogen (secondary N) is 1. The van der Waals surface area contributed by atoms with E-state index >= 15 is 0 Å². The van der Waals surface area contributed by atoms with Crippen LogP contribution in [0.15, 0.2) is 53.2 Å². The van der Waals surface area contributed by atoms with E-state index in [-0.39, 0.29) is 22.9 Å². The molecular formula is C20H19FN4O4. The lowest BCUT2D eigenvalue weighted by atomic mass is 10.1. The minimum absolute atomic E-state index is 0.0810. The highest BCUT2D eigenvalue weighted by Crippen LogP contribution is 2.18. The second-order valence-electron chi connectivity index (χ2n) is 6.56. The van der Waals surface area contributed by atoms with Crippen molar-refractivity contribution >= 4 is 17.5 Å². The fourth-order valence-electron chi connectivity index (χ4n) is 3.07. The van der Waals surface area contributed by atoms with E-state index in [1.54, 1.807) is 34.1 Å². The zero-order chi connectivity index (χ0) is 20.2. The van der Waals surface area contributed by atoms with Gasteiger partial charge in [-0.2, -0.15) is 5.10 Å². The molecule has 2 amide bonds. The van der Waals surface area contributed by atoms with E-state index < -0.39 is 11.7 Å². The number of benzene rings is 1. The molecule has 3 heterocycles. The lowest BCUT2D eigenvalue weighted by Crippen LogP contribution is -2.40. The van der Waals surface area contributed by atoms with Crippen LogP contribution in [0.25, 0.3) is 0 Å². The van der Waals surface area contributed by atoms with Gasteiger partial charge in [-0.15, -0.1) is 0 Å². The Hall–Kier alpha value is -3.46. The highest BCUT2D eigenvalue weighted by Gasteiger charge is 2.20. The monoisotopic (exact) mass is 398 g/mol. The van der Waals surface area contributed by atoms with Crippen LogP contribution < -0.4 is 5.32 Å². The number of furan rings is 1. The molecule has 0 bridgehead atoms. The Bertz CT molecular complexity index is 1010. The summed E-state index contributed by atoms with van der Waals surface area (Å²) >= 11 is 0. The van der Waals surface area contributed by atoms with Crippen molar-refractivity contribution < 1.29 is 23.1 Å². The Labute approximate surface area is 165 Å². The molecule has 3 aromatic rings. The van der Waals surface area contributed by atoms with Crippen LogP contribution in [-0.4, -0.2) is 52.8 Å². The predicted molar refractivity (Wildman–Crippen MR) is 101 cm³/mol. The predicted octanol–water partition coefficient (Wildman–Crippen LogP) is 2.39. The Morgan fingerprint density at radius 1 is 1.17 bits per heavy atom. The van der Waals surface area contributed by atoms with Gasteiger partial charge in [0.05, 0.1) is 19.8 Å². The van der Waals surface area contributed by atoms with E-state index in [1.807, 2.05) is 0 Å². The SMILES string of the molecule is O=C(Nc1cc(F)cc(C(=O)N2CCOCC2)c1)c1ccc(Cn2cccn2)o1. The topological polar surface area (TPSA) is 89.6 Å². The average Bonchev–Trinajstić information content (AvgIpc) is 3.40. The second-order valence-corrected chi connectivity index (χ2v) is 6.56. The Morgan fingerprint density at radius 3 is 2.76 bits per heavy atom. The zero-order valence-corrected chi connectivity index (χ0v) is 15.5. The van der Waals surface area contributed by atoms with Gasteiger partial charge in [0.2, 0.25) is 0 Å². The Kier molecular flexibility index (Phi) is 5.39. The quantitative estimate of drug-likeness (QED) is 0.713. The van der Waals surface area contributed by atoms with Crippen molar-refractivity contribution in [1.82, 2.24) is 14.7 Å². The fraction of sp³-hybridized carbons (Fsp3) is 0.250. The number of amides is 2. The highest BCUT2D eigenvalue weighted by molar-refractivity contribution is 6.03. The van der Waals surface area contributed by atoms with Crippen LogP contribution in [0, 0.1) is 5.82 Å². The molecule has 2 aromatic heterocycles. The molecule has 0 saturated carbocycles. The highest BCUT2D eigenvalue weighted by atomic mass is 19.1. The third-order valence-corrected chi connectivity index (χ3v) is 4.46. The van der Waals surface area contributed by atoms with Crippen molar-refractivity contribution in [2.24, 2.45) is 0 Å². The molecule has 1 fully saturated rings. The largest absolute Gasteiger partial charge is 0.454 e. The summed E-state index contributed by atoms with van der Waals surface area (Å²) in [6.45, 7) is 2.18. The standard InChI is InChI=1S/C20H19FN4O4/c21-15-10-14(20(27)24-6-8-28-9-7-24)11-16(12-15)23-19(26)18-3-2-17(29-18)13-25-5-1-4-22-25/h1-5,10-12H,6-9,13H2,(H,23,26). The summed E-state index contributed by atoms with van der Waals surface area (Å²) in [5.41, 5.74) is 0.345. The molecule has 29 heavy (non-hydrogen) atoms. The number of aromatic nitrogens is 2. The summed E-state index contributed by atoms with van der Waals surface area (Å²) < 4.78 is 26.5. The second kappa shape index (κ2) is 8.27. The maximum Gasteiger partial charge on any atom is 0.291 e. The molecule has 0 radical (unpaired) electrons. The van der Waals surface area contributed by atoms with Gasteiger partial charge < -0.3 is 19.4 Å². The first-order chi connectivity index (χ1) is 14.1. The molecule has 1 aliphatic heterocycles. The molecule has 1 aliphatic rings. The number of ether oxygens (including phenoxy) is 1. The molecule has 0 atom stereocenters. The summed E-state index contributed by atoms with van der Waals surface area (Å²) in [6, 6.07) is 8.76. The van der Waals surface area contributed by atoms with E-state index in [0.717, 1.165) is 12.1 Å². The minimum Gasteiger partial charge on any atom is -0.454 e. The van der Waals surface area contributed by atoms with Gasteiger partial charge in [0.1, 0.15) is 11.6 Å². The molecule has 1 aromatic carbocycles. The Morgan fingerprint density at radius 2 is 2.00 bits per heavy atom. The number of rotatable bonds is 5. The normalized spacial score (nSPS) is 14.0. The average molecular weight is 398 g/mol. The van der Waals surface area contributed by atoms with Crippen molar-refractivity contribution in [3.8, 4) is 0 Å². The molecule has 0 spiro atoms. The maximum atomic E-state index is 14.0. The third kappa shape index (κ3) is 4.52. The molecule has 1 N–H and O–H groups in total. The van der Waals surface area contributed by atoms with E-state index in [1.165, 1.54) is 12.1 Å². The number of anilines is 1. The van der Waals surface area contributed by atoms with Gasteiger partial charge >= 0.3 is 0 Å². The van der Waals surface area contributed by atoms with Crippen LogP contribution in [0.2, 0.25) is 0 Å². The summed E-state index contributed by atoms with van der Waals surface area (Å²) in [6.07, 6.45) is 3.43. The van der Waals surface area contributed by atoms with Crippen molar-refractivity contribution in [2.45, 2.75) is 6.54 Å². The minimum atomic E-state index is -0.613. The summed E-state index contributed by atoms with van der Waals surface area (Å²) in [5, 5.41) is 6.66. The number of hydrogen-bond donors (Lipinski definition) is 1. The summed E-state index contributed by atoms with van der Waals surface area (Å²) in [7, 11) is 0. The number of nitrogens with zero attached hydrogens (tertiary/aromatic N) is 3. The van der Waals surface area contributed by atoms with E-state index in [9.17, 15) is 14.0 Å². The molecule has 4 rings (SSSR count). The first-order valence-corrected chi connectivity index (χ1v) is 9.13. The lowest BCUT2D eigenvalue weighted by molar-refractivity contribution is 0.0302. The first-order valence-electron chi connectivity index (χ1n) is 9.13. The van der Waals surface area contributed by atoms with Crippen LogP contribution >= 0.6 is 0 Å². The molecular weight excluding hydrogens is 379 g/mol. The van der Waals surface area contributed by atoms with E-state index in [4.69, 9.17) is 9.15 Å². The number of halogens is 1. The van der Waals surface area contributed by atoms with E-state index in [0.29, 0.717) is 38.6 Å². The lowest BCUT2D eigenvalue weighted by Gasteiger charge is -2.27. The number of morpholine rings is 1. The smallest absolute Gasteiger partial charge is 0.291 e. The molecule has 0 aliphatic carbocycles. The fourth-order valence-corrected chi connectivity index (χ4v) is 3.07. The van der Waals surface area contributed by atoms with Crippen molar-refractivity contribution in [2.75, 3.05) is 31.6 Å². The summed E-state index contributed by atoms with van der Waals surface area (Å²) in [5.74, 6) is -0.813. The molecule has 0 unspecified atom stereocenters. The van der Waals surface area contributed by atoms with Crippen LogP contribution in [-0.2, 0) is 11.3 Å². The van der Waals surface area contributed by atoms with Crippen LogP contribution in [0.1, 0.15) is 26.7 Å². The molecule has 150 valence electrons. The van der Waals surface area contributed by atoms with Crippen molar-refractivity contribution in [3.63, 3.8) is 0 Å². The number of hydrogen-bond acceptors (Lipinski definition) is 5. The van der Waals surface area contributed by atoms with Gasteiger partial charge in [0.25, 0.3) is 11.8 Å².